The number of nitrogens with zero attached hydrogens (tertiary/aromatic N) is 2. The van der Waals surface area contributed by atoms with Crippen LogP contribution in [0.2, 0.25) is 5.02 Å². The Hall–Kier alpha value is -2.05. The second kappa shape index (κ2) is 7.23. The second-order valence-corrected chi connectivity index (χ2v) is 6.58. The highest BCUT2D eigenvalue weighted by Gasteiger charge is 2.14. The molecule has 1 heterocycles. The fraction of sp³-hybridized carbons (Fsp3) is 0.176. The maximum absolute atomic E-state index is 13.6. The maximum Gasteiger partial charge on any atom is 0.257 e. The fourth-order valence-electron chi connectivity index (χ4n) is 2.15. The van der Waals surface area contributed by atoms with Crippen molar-refractivity contribution in [1.82, 2.24) is 9.88 Å². The van der Waals surface area contributed by atoms with Crippen LogP contribution in [0, 0.1) is 5.82 Å². The van der Waals surface area contributed by atoms with Crippen LogP contribution >= 0.6 is 23.4 Å². The fourth-order valence-corrected chi connectivity index (χ4v) is 3.09. The van der Waals surface area contributed by atoms with Crippen LogP contribution in [0.15, 0.2) is 52.1 Å². The zero-order valence-electron chi connectivity index (χ0n) is 12.8. The molecule has 124 valence electrons. The van der Waals surface area contributed by atoms with E-state index >= 15 is 0 Å². The van der Waals surface area contributed by atoms with Crippen molar-refractivity contribution in [3.8, 4) is 0 Å². The monoisotopic (exact) mass is 364 g/mol. The molecule has 2 aromatic carbocycles. The normalized spacial score (nSPS) is 11.0. The van der Waals surface area contributed by atoms with E-state index in [4.69, 9.17) is 16.0 Å². The smallest absolute Gasteiger partial charge is 0.257 e. The topological polar surface area (TPSA) is 46.3 Å². The third-order valence-corrected chi connectivity index (χ3v) is 4.49. The van der Waals surface area contributed by atoms with Crippen LogP contribution in [-0.2, 0) is 11.3 Å². The Morgan fingerprint density at radius 1 is 1.33 bits per heavy atom. The summed E-state index contributed by atoms with van der Waals surface area (Å²) in [6.07, 6.45) is 0. The number of aromatic nitrogens is 1. The molecule has 1 amide bonds. The average molecular weight is 365 g/mol. The number of hydrogen-bond donors (Lipinski definition) is 0. The Kier molecular flexibility index (Phi) is 5.06. The van der Waals surface area contributed by atoms with E-state index < -0.39 is 0 Å². The molecule has 4 nitrogen and oxygen atoms in total. The molecule has 0 spiro atoms. The summed E-state index contributed by atoms with van der Waals surface area (Å²) < 4.78 is 19.2. The summed E-state index contributed by atoms with van der Waals surface area (Å²) in [5.41, 5.74) is 1.75. The van der Waals surface area contributed by atoms with E-state index in [1.165, 1.54) is 22.7 Å². The number of rotatable bonds is 5. The van der Waals surface area contributed by atoms with Crippen molar-refractivity contribution in [1.29, 1.82) is 0 Å². The van der Waals surface area contributed by atoms with E-state index in [1.807, 2.05) is 0 Å². The molecule has 0 saturated carbocycles. The summed E-state index contributed by atoms with van der Waals surface area (Å²) in [6.45, 7) is 0.217. The molecule has 3 rings (SSSR count). The van der Waals surface area contributed by atoms with Gasteiger partial charge in [0.05, 0.1) is 5.75 Å². The zero-order chi connectivity index (χ0) is 17.1. The molecular formula is C17H14ClFN2O2S. The predicted octanol–water partition coefficient (Wildman–Crippen LogP) is 4.37. The molecule has 0 atom stereocenters. The van der Waals surface area contributed by atoms with Gasteiger partial charge in [-0.2, -0.15) is 0 Å². The lowest BCUT2D eigenvalue weighted by Gasteiger charge is -2.17. The summed E-state index contributed by atoms with van der Waals surface area (Å²) >= 11 is 7.10. The van der Waals surface area contributed by atoms with Gasteiger partial charge in [-0.05, 0) is 24.3 Å². The molecule has 0 unspecified atom stereocenters. The minimum absolute atomic E-state index is 0.136. The molecule has 24 heavy (non-hydrogen) atoms. The van der Waals surface area contributed by atoms with Gasteiger partial charge >= 0.3 is 0 Å². The van der Waals surface area contributed by atoms with Crippen molar-refractivity contribution in [3.63, 3.8) is 0 Å². The van der Waals surface area contributed by atoms with Gasteiger partial charge < -0.3 is 9.32 Å². The van der Waals surface area contributed by atoms with E-state index in [0.29, 0.717) is 26.9 Å². The number of fused-ring (bicyclic) bond motifs is 1. The third kappa shape index (κ3) is 3.88. The lowest BCUT2D eigenvalue weighted by Crippen LogP contribution is -2.28. The van der Waals surface area contributed by atoms with Crippen LogP contribution in [-0.4, -0.2) is 28.6 Å². The van der Waals surface area contributed by atoms with Crippen LogP contribution in [0.4, 0.5) is 4.39 Å². The highest BCUT2D eigenvalue weighted by atomic mass is 35.5. The van der Waals surface area contributed by atoms with Crippen LogP contribution in [0.25, 0.3) is 11.1 Å². The standard InChI is InChI=1S/C17H14ClFN2O2S/c1-21(9-11-4-2-3-5-13(11)19)16(22)10-24-17-20-14-8-12(18)6-7-15(14)23-17/h2-8H,9-10H2,1H3. The molecule has 7 heteroatoms. The number of amides is 1. The molecule has 0 saturated heterocycles. The van der Waals surface area contributed by atoms with Crippen LogP contribution in [0.5, 0.6) is 0 Å². The quantitative estimate of drug-likeness (QED) is 0.631. The lowest BCUT2D eigenvalue weighted by atomic mass is 10.2. The van der Waals surface area contributed by atoms with Gasteiger partial charge in [0.15, 0.2) is 5.58 Å². The van der Waals surface area contributed by atoms with E-state index in [1.54, 1.807) is 43.4 Å². The number of oxazole rings is 1. The first-order valence-electron chi connectivity index (χ1n) is 7.19. The second-order valence-electron chi connectivity index (χ2n) is 5.22. The number of thioether (sulfide) groups is 1. The Bertz CT molecular complexity index is 884. The average Bonchev–Trinajstić information content (AvgIpc) is 2.96. The van der Waals surface area contributed by atoms with Crippen LogP contribution in [0.1, 0.15) is 5.56 Å². The zero-order valence-corrected chi connectivity index (χ0v) is 14.4. The maximum atomic E-state index is 13.6. The van der Waals surface area contributed by atoms with Gasteiger partial charge in [-0.3, -0.25) is 4.79 Å². The third-order valence-electron chi connectivity index (χ3n) is 3.44. The van der Waals surface area contributed by atoms with Crippen molar-refractivity contribution < 1.29 is 13.6 Å². The molecule has 0 aliphatic heterocycles. The van der Waals surface area contributed by atoms with E-state index in [0.717, 1.165) is 0 Å². The SMILES string of the molecule is CN(Cc1ccccc1F)C(=O)CSc1nc2cc(Cl)ccc2o1. The highest BCUT2D eigenvalue weighted by molar-refractivity contribution is 7.99. The van der Waals surface area contributed by atoms with Crippen molar-refractivity contribution in [2.24, 2.45) is 0 Å². The van der Waals surface area contributed by atoms with E-state index in [-0.39, 0.29) is 24.0 Å². The largest absolute Gasteiger partial charge is 0.431 e. The summed E-state index contributed by atoms with van der Waals surface area (Å²) in [6, 6.07) is 11.6. The molecular weight excluding hydrogens is 351 g/mol. The summed E-state index contributed by atoms with van der Waals surface area (Å²) in [7, 11) is 1.64. The Labute approximate surface area is 147 Å². The van der Waals surface area contributed by atoms with Gasteiger partial charge in [-0.15, -0.1) is 0 Å². The minimum atomic E-state index is -0.319. The van der Waals surface area contributed by atoms with Gasteiger partial charge in [0.1, 0.15) is 11.3 Å². The Morgan fingerprint density at radius 2 is 2.12 bits per heavy atom. The first-order valence-corrected chi connectivity index (χ1v) is 8.55. The molecule has 1 aromatic heterocycles. The number of hydrogen-bond acceptors (Lipinski definition) is 4. The number of carbonyl (C=O) groups excluding carboxylic acids is 1. The summed E-state index contributed by atoms with van der Waals surface area (Å²) in [5, 5.41) is 0.980. The van der Waals surface area contributed by atoms with Gasteiger partial charge in [0.2, 0.25) is 5.91 Å². The van der Waals surface area contributed by atoms with Gasteiger partial charge in [0, 0.05) is 24.2 Å². The Morgan fingerprint density at radius 3 is 2.92 bits per heavy atom. The number of halogens is 2. The summed E-state index contributed by atoms with van der Waals surface area (Å²) in [5.74, 6) is -0.296. The van der Waals surface area contributed by atoms with Crippen molar-refractivity contribution in [2.75, 3.05) is 12.8 Å². The van der Waals surface area contributed by atoms with Gasteiger partial charge in [-0.1, -0.05) is 41.6 Å². The molecule has 0 bridgehead atoms. The van der Waals surface area contributed by atoms with Gasteiger partial charge in [0.25, 0.3) is 5.22 Å². The van der Waals surface area contributed by atoms with Gasteiger partial charge in [-0.25, -0.2) is 9.37 Å². The first kappa shape index (κ1) is 16.8. The van der Waals surface area contributed by atoms with Crippen molar-refractivity contribution in [3.05, 3.63) is 58.9 Å². The molecule has 0 aliphatic carbocycles. The first-order chi connectivity index (χ1) is 11.5. The highest BCUT2D eigenvalue weighted by Crippen LogP contribution is 2.25. The molecule has 0 fully saturated rings. The van der Waals surface area contributed by atoms with E-state index in [2.05, 4.69) is 4.98 Å². The number of benzene rings is 2. The molecule has 0 radical (unpaired) electrons. The minimum Gasteiger partial charge on any atom is -0.431 e. The Balaban J connectivity index is 1.60. The molecule has 3 aromatic rings. The van der Waals surface area contributed by atoms with Crippen LogP contribution in [0.3, 0.4) is 0 Å². The number of carbonyl (C=O) groups is 1. The summed E-state index contributed by atoms with van der Waals surface area (Å²) in [4.78, 5) is 18.0. The van der Waals surface area contributed by atoms with Crippen molar-refractivity contribution in [2.45, 2.75) is 11.8 Å². The van der Waals surface area contributed by atoms with Crippen molar-refractivity contribution >= 4 is 40.4 Å². The van der Waals surface area contributed by atoms with E-state index in [9.17, 15) is 9.18 Å². The molecule has 0 aliphatic rings. The van der Waals surface area contributed by atoms with Crippen LogP contribution < -0.4 is 0 Å². The lowest BCUT2D eigenvalue weighted by molar-refractivity contribution is -0.127. The molecule has 0 N–H and O–H groups in total. The predicted molar refractivity (Wildman–Crippen MR) is 92.6 cm³/mol.